The fourth-order valence-electron chi connectivity index (χ4n) is 1.44. The van der Waals surface area contributed by atoms with Gasteiger partial charge in [0.1, 0.15) is 5.94 Å². The van der Waals surface area contributed by atoms with Crippen molar-refractivity contribution in [2.75, 3.05) is 19.7 Å². The molecule has 0 aromatic rings. The zero-order valence-corrected chi connectivity index (χ0v) is 7.19. The van der Waals surface area contributed by atoms with E-state index in [1.54, 1.807) is 16.9 Å². The van der Waals surface area contributed by atoms with Crippen molar-refractivity contribution in [3.63, 3.8) is 0 Å². The number of carbonyl (C=O) groups is 1. The predicted octanol–water partition coefficient (Wildman–Crippen LogP) is -0.824. The molecule has 70 valence electrons. The first-order chi connectivity index (χ1) is 6.24. The maximum absolute atomic E-state index is 11.2. The van der Waals surface area contributed by atoms with Crippen LogP contribution in [0.2, 0.25) is 0 Å². The molecule has 0 aliphatic carbocycles. The van der Waals surface area contributed by atoms with Crippen LogP contribution in [-0.4, -0.2) is 47.5 Å². The highest BCUT2D eigenvalue weighted by Gasteiger charge is 2.35. The normalized spacial score (nSPS) is 23.3. The van der Waals surface area contributed by atoms with Crippen LogP contribution in [0.15, 0.2) is 18.2 Å². The summed E-state index contributed by atoms with van der Waals surface area (Å²) in [7, 11) is 0. The summed E-state index contributed by atoms with van der Waals surface area (Å²) in [4.78, 5) is 23.3. The number of hydrogen-bond acceptors (Lipinski definition) is 4. The highest BCUT2D eigenvalue weighted by molar-refractivity contribution is 6.06. The molecule has 4 heteroatoms. The van der Waals surface area contributed by atoms with E-state index in [9.17, 15) is 9.59 Å². The van der Waals surface area contributed by atoms with E-state index in [1.807, 2.05) is 0 Å². The number of carbonyl (C=O) groups excluding carboxylic acids is 2. The Hall–Kier alpha value is -1.22. The molecule has 0 saturated carbocycles. The summed E-state index contributed by atoms with van der Waals surface area (Å²) in [6.45, 7) is 3.95. The Bertz CT molecular complexity index is 279. The monoisotopic (exact) mass is 181 g/mol. The highest BCUT2D eigenvalue weighted by atomic mass is 16.3. The molecule has 1 aliphatic rings. The van der Waals surface area contributed by atoms with Gasteiger partial charge in [-0.25, -0.2) is 4.79 Å². The van der Waals surface area contributed by atoms with Crippen LogP contribution in [0, 0.1) is 0 Å². The molecule has 1 N–H and O–H groups in total. The molecule has 1 atom stereocenters. The molecule has 0 spiro atoms. The highest BCUT2D eigenvalue weighted by Crippen LogP contribution is 2.17. The van der Waals surface area contributed by atoms with Gasteiger partial charge in [-0.05, 0) is 0 Å². The fourth-order valence-corrected chi connectivity index (χ4v) is 1.44. The van der Waals surface area contributed by atoms with Crippen molar-refractivity contribution < 1.29 is 14.7 Å². The summed E-state index contributed by atoms with van der Waals surface area (Å²) in [5, 5.41) is 8.95. The Morgan fingerprint density at radius 3 is 2.92 bits per heavy atom. The van der Waals surface area contributed by atoms with Gasteiger partial charge in [0.05, 0.1) is 24.8 Å². The maximum atomic E-state index is 11.2. The standard InChI is InChI=1S/C9H11NO3/c1-2-3-10-4-9(13)7(5-11)8(10)6-12/h2,8,12H,1,3-4,6H2/t8-/m1/s1. The summed E-state index contributed by atoms with van der Waals surface area (Å²) in [5.41, 5.74) is 0.0457. The SMILES string of the molecule is C=CCN1CC(=O)C(=C=O)[C@H]1CO. The van der Waals surface area contributed by atoms with E-state index >= 15 is 0 Å². The molecule has 1 aliphatic heterocycles. The lowest BCUT2D eigenvalue weighted by atomic mass is 10.1. The molecule has 13 heavy (non-hydrogen) atoms. The Labute approximate surface area is 76.2 Å². The van der Waals surface area contributed by atoms with Crippen molar-refractivity contribution >= 4 is 11.7 Å². The molecule has 4 nitrogen and oxygen atoms in total. The second-order valence-electron chi connectivity index (χ2n) is 2.86. The summed E-state index contributed by atoms with van der Waals surface area (Å²) in [6.07, 6.45) is 1.63. The minimum Gasteiger partial charge on any atom is -0.394 e. The Morgan fingerprint density at radius 2 is 2.46 bits per heavy atom. The predicted molar refractivity (Wildman–Crippen MR) is 46.9 cm³/mol. The molecule has 0 bridgehead atoms. The van der Waals surface area contributed by atoms with E-state index in [4.69, 9.17) is 5.11 Å². The van der Waals surface area contributed by atoms with Gasteiger partial charge in [0.2, 0.25) is 0 Å². The first-order valence-electron chi connectivity index (χ1n) is 3.98. The average Bonchev–Trinajstić information content (AvgIpc) is 2.41. The first kappa shape index (κ1) is 9.86. The van der Waals surface area contributed by atoms with Crippen molar-refractivity contribution in [3.8, 4) is 0 Å². The fraction of sp³-hybridized carbons (Fsp3) is 0.444. The molecule has 0 unspecified atom stereocenters. The van der Waals surface area contributed by atoms with Gasteiger partial charge >= 0.3 is 0 Å². The van der Waals surface area contributed by atoms with Gasteiger partial charge in [-0.2, -0.15) is 0 Å². The molecule has 1 fully saturated rings. The van der Waals surface area contributed by atoms with Crippen LogP contribution in [0.25, 0.3) is 0 Å². The molecule has 1 saturated heterocycles. The lowest BCUT2D eigenvalue weighted by Gasteiger charge is -2.18. The number of ketones is 1. The molecule has 1 heterocycles. The van der Waals surface area contributed by atoms with Gasteiger partial charge in [0.15, 0.2) is 5.78 Å². The Balaban J connectivity index is 2.87. The van der Waals surface area contributed by atoms with Crippen molar-refractivity contribution in [2.45, 2.75) is 6.04 Å². The number of Topliss-reactive ketones (excluding diaryl/α,β-unsaturated/α-hetero) is 1. The molecular weight excluding hydrogens is 170 g/mol. The van der Waals surface area contributed by atoms with Crippen LogP contribution >= 0.6 is 0 Å². The third kappa shape index (κ3) is 1.75. The van der Waals surface area contributed by atoms with Crippen LogP contribution < -0.4 is 0 Å². The van der Waals surface area contributed by atoms with Gasteiger partial charge in [-0.1, -0.05) is 6.08 Å². The van der Waals surface area contributed by atoms with Gasteiger partial charge in [0.25, 0.3) is 0 Å². The van der Waals surface area contributed by atoms with Crippen LogP contribution in [-0.2, 0) is 9.59 Å². The van der Waals surface area contributed by atoms with Gasteiger partial charge in [0, 0.05) is 6.54 Å². The second-order valence-corrected chi connectivity index (χ2v) is 2.86. The number of aliphatic hydroxyl groups is 1. The van der Waals surface area contributed by atoms with E-state index in [1.165, 1.54) is 0 Å². The summed E-state index contributed by atoms with van der Waals surface area (Å²) < 4.78 is 0. The summed E-state index contributed by atoms with van der Waals surface area (Å²) in [6, 6.07) is -0.497. The molecule has 0 aromatic heterocycles. The molecule has 0 amide bonds. The summed E-state index contributed by atoms with van der Waals surface area (Å²) in [5.74, 6) is 1.33. The van der Waals surface area contributed by atoms with Gasteiger partial charge in [-0.15, -0.1) is 6.58 Å². The Morgan fingerprint density at radius 1 is 1.77 bits per heavy atom. The molecular formula is C9H11NO3. The maximum Gasteiger partial charge on any atom is 0.185 e. The van der Waals surface area contributed by atoms with Gasteiger partial charge in [-0.3, -0.25) is 9.69 Å². The van der Waals surface area contributed by atoms with E-state index in [0.717, 1.165) is 0 Å². The molecule has 1 rings (SSSR count). The third-order valence-corrected chi connectivity index (χ3v) is 2.07. The van der Waals surface area contributed by atoms with E-state index in [-0.39, 0.29) is 24.5 Å². The molecule has 0 radical (unpaired) electrons. The number of nitrogens with zero attached hydrogens (tertiary/aromatic N) is 1. The van der Waals surface area contributed by atoms with E-state index < -0.39 is 6.04 Å². The van der Waals surface area contributed by atoms with Crippen LogP contribution in [0.4, 0.5) is 0 Å². The number of hydrogen-bond donors (Lipinski definition) is 1. The average molecular weight is 181 g/mol. The topological polar surface area (TPSA) is 57.6 Å². The van der Waals surface area contributed by atoms with Crippen molar-refractivity contribution in [3.05, 3.63) is 18.2 Å². The summed E-state index contributed by atoms with van der Waals surface area (Å²) >= 11 is 0. The number of likely N-dealkylation sites (tertiary alicyclic amines) is 1. The van der Waals surface area contributed by atoms with Crippen LogP contribution in [0.5, 0.6) is 0 Å². The van der Waals surface area contributed by atoms with Crippen molar-refractivity contribution in [2.24, 2.45) is 0 Å². The zero-order chi connectivity index (χ0) is 9.84. The van der Waals surface area contributed by atoms with Crippen molar-refractivity contribution in [1.29, 1.82) is 0 Å². The molecule has 0 aromatic carbocycles. The third-order valence-electron chi connectivity index (χ3n) is 2.07. The van der Waals surface area contributed by atoms with Crippen LogP contribution in [0.3, 0.4) is 0 Å². The minimum absolute atomic E-state index is 0.0457. The Kier molecular flexibility index (Phi) is 3.14. The van der Waals surface area contributed by atoms with E-state index in [0.29, 0.717) is 6.54 Å². The quantitative estimate of drug-likeness (QED) is 0.351. The lowest BCUT2D eigenvalue weighted by molar-refractivity contribution is -0.114. The second kappa shape index (κ2) is 4.14. The lowest BCUT2D eigenvalue weighted by Crippen LogP contribution is -2.33. The van der Waals surface area contributed by atoms with Crippen molar-refractivity contribution in [1.82, 2.24) is 4.90 Å². The van der Waals surface area contributed by atoms with Gasteiger partial charge < -0.3 is 5.11 Å². The van der Waals surface area contributed by atoms with E-state index in [2.05, 4.69) is 6.58 Å². The number of aliphatic hydroxyl groups excluding tert-OH is 1. The number of rotatable bonds is 3. The van der Waals surface area contributed by atoms with Crippen LogP contribution in [0.1, 0.15) is 0 Å². The zero-order valence-electron chi connectivity index (χ0n) is 7.19. The largest absolute Gasteiger partial charge is 0.394 e. The smallest absolute Gasteiger partial charge is 0.185 e. The minimum atomic E-state index is -0.497. The first-order valence-corrected chi connectivity index (χ1v) is 3.98.